The van der Waals surface area contributed by atoms with Crippen LogP contribution in [-0.4, -0.2) is 54.8 Å². The maximum absolute atomic E-state index is 12.5. The number of hydrogen-bond acceptors (Lipinski definition) is 4. The van der Waals surface area contributed by atoms with E-state index in [1.165, 1.54) is 0 Å². The molecule has 3 heterocycles. The van der Waals surface area contributed by atoms with Gasteiger partial charge in [0.2, 0.25) is 0 Å². The molecule has 2 aromatic rings. The average Bonchev–Trinajstić information content (AvgIpc) is 3.15. The zero-order valence-electron chi connectivity index (χ0n) is 13.5. The van der Waals surface area contributed by atoms with Crippen LogP contribution in [0.4, 0.5) is 0 Å². The van der Waals surface area contributed by atoms with Gasteiger partial charge in [-0.05, 0) is 24.4 Å². The lowest BCUT2D eigenvalue weighted by molar-refractivity contribution is 0.0383. The van der Waals surface area contributed by atoms with E-state index in [1.54, 1.807) is 11.3 Å². The first-order valence-electron chi connectivity index (χ1n) is 8.06. The number of aromatic nitrogens is 1. The van der Waals surface area contributed by atoms with Crippen molar-refractivity contribution in [3.05, 3.63) is 35.4 Å². The van der Waals surface area contributed by atoms with Crippen LogP contribution in [0.3, 0.4) is 0 Å². The summed E-state index contributed by atoms with van der Waals surface area (Å²) in [5.74, 6) is 0.00571. The van der Waals surface area contributed by atoms with Gasteiger partial charge in [-0.3, -0.25) is 9.69 Å². The van der Waals surface area contributed by atoms with Crippen molar-refractivity contribution in [2.24, 2.45) is 0 Å². The number of ether oxygens (including phenoxy) is 1. The fourth-order valence-corrected chi connectivity index (χ4v) is 3.70. The predicted molar refractivity (Wildman–Crippen MR) is 94.2 cm³/mol. The molecule has 0 aromatic carbocycles. The first-order valence-corrected chi connectivity index (χ1v) is 8.93. The Bertz CT molecular complexity index is 683. The second kappa shape index (κ2) is 7.77. The summed E-state index contributed by atoms with van der Waals surface area (Å²) in [6, 6.07) is 4.05. The van der Waals surface area contributed by atoms with Gasteiger partial charge in [-0.15, -0.1) is 11.3 Å². The van der Waals surface area contributed by atoms with E-state index in [1.807, 2.05) is 19.1 Å². The fourth-order valence-electron chi connectivity index (χ4n) is 2.80. The molecule has 0 spiro atoms. The number of carbonyl (C=O) groups excluding carboxylic acids is 1. The van der Waals surface area contributed by atoms with Crippen molar-refractivity contribution >= 4 is 27.5 Å². The maximum atomic E-state index is 12.5. The summed E-state index contributed by atoms with van der Waals surface area (Å²) < 4.78 is 7.42. The molecule has 0 atom stereocenters. The minimum Gasteiger partial charge on any atom is -0.379 e. The SMILES string of the molecule is C/C=C\Cn1c(C(=O)NCCN2CCOCC2)cc2ccsc21. The Kier molecular flexibility index (Phi) is 5.48. The highest BCUT2D eigenvalue weighted by molar-refractivity contribution is 7.16. The Labute approximate surface area is 140 Å². The summed E-state index contributed by atoms with van der Waals surface area (Å²) in [6.07, 6.45) is 4.09. The van der Waals surface area contributed by atoms with Crippen LogP contribution < -0.4 is 5.32 Å². The van der Waals surface area contributed by atoms with Gasteiger partial charge in [0.05, 0.1) is 13.2 Å². The number of rotatable bonds is 6. The topological polar surface area (TPSA) is 46.5 Å². The summed E-state index contributed by atoms with van der Waals surface area (Å²) in [5, 5.41) is 6.26. The standard InChI is InChI=1S/C17H23N3O2S/c1-2-3-6-20-15(13-14-4-12-23-17(14)20)16(21)18-5-7-19-8-10-22-11-9-19/h2-4,12-13H,5-11H2,1H3,(H,18,21)/b3-2-. The van der Waals surface area contributed by atoms with Crippen molar-refractivity contribution in [2.45, 2.75) is 13.5 Å². The number of allylic oxidation sites excluding steroid dienone is 2. The van der Waals surface area contributed by atoms with Crippen LogP contribution in [0.2, 0.25) is 0 Å². The highest BCUT2D eigenvalue weighted by Gasteiger charge is 2.16. The van der Waals surface area contributed by atoms with Crippen molar-refractivity contribution in [1.82, 2.24) is 14.8 Å². The third-order valence-corrected chi connectivity index (χ3v) is 5.03. The van der Waals surface area contributed by atoms with Crippen LogP contribution in [-0.2, 0) is 11.3 Å². The molecule has 1 fully saturated rings. The van der Waals surface area contributed by atoms with Gasteiger partial charge in [-0.25, -0.2) is 0 Å². The van der Waals surface area contributed by atoms with Crippen molar-refractivity contribution < 1.29 is 9.53 Å². The van der Waals surface area contributed by atoms with Crippen LogP contribution in [0.15, 0.2) is 29.7 Å². The zero-order valence-corrected chi connectivity index (χ0v) is 14.3. The third kappa shape index (κ3) is 3.83. The monoisotopic (exact) mass is 333 g/mol. The van der Waals surface area contributed by atoms with E-state index in [0.717, 1.165) is 55.3 Å². The number of morpholine rings is 1. The van der Waals surface area contributed by atoms with Crippen molar-refractivity contribution in [1.29, 1.82) is 0 Å². The zero-order chi connectivity index (χ0) is 16.1. The number of hydrogen-bond donors (Lipinski definition) is 1. The van der Waals surface area contributed by atoms with E-state index in [0.29, 0.717) is 6.54 Å². The van der Waals surface area contributed by atoms with Crippen LogP contribution in [0, 0.1) is 0 Å². The number of nitrogens with zero attached hydrogens (tertiary/aromatic N) is 2. The number of amides is 1. The summed E-state index contributed by atoms with van der Waals surface area (Å²) in [4.78, 5) is 16.0. The van der Waals surface area contributed by atoms with E-state index in [9.17, 15) is 4.79 Å². The summed E-state index contributed by atoms with van der Waals surface area (Å²) in [6.45, 7) is 7.74. The molecule has 2 aromatic heterocycles. The number of fused-ring (bicyclic) bond motifs is 1. The van der Waals surface area contributed by atoms with E-state index in [4.69, 9.17) is 4.74 Å². The normalized spacial score (nSPS) is 16.4. The maximum Gasteiger partial charge on any atom is 0.268 e. The highest BCUT2D eigenvalue weighted by Crippen LogP contribution is 2.25. The number of nitrogens with one attached hydrogen (secondary N) is 1. The molecule has 1 N–H and O–H groups in total. The molecule has 1 amide bonds. The molecule has 0 aliphatic carbocycles. The van der Waals surface area contributed by atoms with Gasteiger partial charge in [-0.1, -0.05) is 12.2 Å². The van der Waals surface area contributed by atoms with E-state index in [-0.39, 0.29) is 5.91 Å². The molecule has 1 aliphatic heterocycles. The lowest BCUT2D eigenvalue weighted by Gasteiger charge is -2.26. The van der Waals surface area contributed by atoms with Gasteiger partial charge >= 0.3 is 0 Å². The Morgan fingerprint density at radius 3 is 3.04 bits per heavy atom. The van der Waals surface area contributed by atoms with Crippen LogP contribution in [0.1, 0.15) is 17.4 Å². The number of carbonyl (C=O) groups is 1. The second-order valence-corrected chi connectivity index (χ2v) is 6.49. The largest absolute Gasteiger partial charge is 0.379 e. The first-order chi connectivity index (χ1) is 11.3. The highest BCUT2D eigenvalue weighted by atomic mass is 32.1. The van der Waals surface area contributed by atoms with E-state index >= 15 is 0 Å². The van der Waals surface area contributed by atoms with E-state index in [2.05, 4.69) is 32.3 Å². The van der Waals surface area contributed by atoms with Gasteiger partial charge < -0.3 is 14.6 Å². The second-order valence-electron chi connectivity index (χ2n) is 5.60. The van der Waals surface area contributed by atoms with Crippen LogP contribution in [0.5, 0.6) is 0 Å². The molecule has 1 aliphatic rings. The van der Waals surface area contributed by atoms with E-state index < -0.39 is 0 Å². The van der Waals surface area contributed by atoms with Crippen LogP contribution >= 0.6 is 11.3 Å². The third-order valence-electron chi connectivity index (χ3n) is 4.08. The number of thiophene rings is 1. The summed E-state index contributed by atoms with van der Waals surface area (Å²) in [5.41, 5.74) is 0.743. The van der Waals surface area contributed by atoms with Crippen molar-refractivity contribution in [3.63, 3.8) is 0 Å². The predicted octanol–water partition coefficient (Wildman–Crippen LogP) is 2.34. The van der Waals surface area contributed by atoms with Gasteiger partial charge in [0, 0.05) is 38.1 Å². The van der Waals surface area contributed by atoms with Gasteiger partial charge in [0.1, 0.15) is 10.5 Å². The Balaban J connectivity index is 1.64. The Morgan fingerprint density at radius 2 is 2.26 bits per heavy atom. The lowest BCUT2D eigenvalue weighted by atomic mass is 10.3. The quantitative estimate of drug-likeness (QED) is 0.826. The lowest BCUT2D eigenvalue weighted by Crippen LogP contribution is -2.41. The van der Waals surface area contributed by atoms with Gasteiger partial charge in [0.25, 0.3) is 5.91 Å². The fraction of sp³-hybridized carbons (Fsp3) is 0.471. The Morgan fingerprint density at radius 1 is 1.43 bits per heavy atom. The van der Waals surface area contributed by atoms with Gasteiger partial charge in [0.15, 0.2) is 0 Å². The molecular formula is C17H23N3O2S. The molecule has 23 heavy (non-hydrogen) atoms. The van der Waals surface area contributed by atoms with Crippen LogP contribution in [0.25, 0.3) is 10.2 Å². The molecule has 0 bridgehead atoms. The smallest absolute Gasteiger partial charge is 0.268 e. The molecule has 0 unspecified atom stereocenters. The minimum atomic E-state index is 0.00571. The molecule has 124 valence electrons. The minimum absolute atomic E-state index is 0.00571. The van der Waals surface area contributed by atoms with Crippen molar-refractivity contribution in [3.8, 4) is 0 Å². The first kappa shape index (κ1) is 16.2. The van der Waals surface area contributed by atoms with Gasteiger partial charge in [-0.2, -0.15) is 0 Å². The molecule has 1 saturated heterocycles. The average molecular weight is 333 g/mol. The molecule has 3 rings (SSSR count). The van der Waals surface area contributed by atoms with Crippen molar-refractivity contribution in [2.75, 3.05) is 39.4 Å². The Hall–Kier alpha value is -1.63. The summed E-state index contributed by atoms with van der Waals surface area (Å²) >= 11 is 1.68. The molecule has 0 radical (unpaired) electrons. The molecule has 6 heteroatoms. The molecular weight excluding hydrogens is 310 g/mol. The summed E-state index contributed by atoms with van der Waals surface area (Å²) in [7, 11) is 0. The molecule has 5 nitrogen and oxygen atoms in total. The molecule has 0 saturated carbocycles.